The van der Waals surface area contributed by atoms with Crippen LogP contribution in [0, 0.1) is 5.21 Å². The van der Waals surface area contributed by atoms with Crippen LogP contribution in [-0.2, 0) is 16.8 Å². The van der Waals surface area contributed by atoms with Gasteiger partial charge in [0.05, 0.1) is 17.7 Å². The smallest absolute Gasteiger partial charge is 0.348 e. The Morgan fingerprint density at radius 2 is 2.13 bits per heavy atom. The first-order valence-corrected chi connectivity index (χ1v) is 12.8. The summed E-state index contributed by atoms with van der Waals surface area (Å²) in [7, 11) is 1.30. The minimum absolute atomic E-state index is 0.138. The van der Waals surface area contributed by atoms with Crippen LogP contribution in [0.25, 0.3) is 27.4 Å². The average molecular weight is 570 g/mol. The van der Waals surface area contributed by atoms with Crippen molar-refractivity contribution in [3.63, 3.8) is 0 Å². The summed E-state index contributed by atoms with van der Waals surface area (Å²) in [6.07, 6.45) is 3.46. The van der Waals surface area contributed by atoms with E-state index < -0.39 is 11.6 Å². The number of nitrogens with zero attached hydrogens (tertiary/aromatic N) is 6. The summed E-state index contributed by atoms with van der Waals surface area (Å²) in [4.78, 5) is 20.3. The van der Waals surface area contributed by atoms with Crippen molar-refractivity contribution >= 4 is 40.5 Å². The number of hydrogen-bond donors (Lipinski definition) is 2. The van der Waals surface area contributed by atoms with Gasteiger partial charge >= 0.3 is 5.97 Å². The van der Waals surface area contributed by atoms with Gasteiger partial charge in [0.2, 0.25) is 11.3 Å². The van der Waals surface area contributed by atoms with Gasteiger partial charge < -0.3 is 20.0 Å². The molecule has 2 N–H and O–H groups in total. The van der Waals surface area contributed by atoms with E-state index in [9.17, 15) is 15.1 Å². The van der Waals surface area contributed by atoms with Gasteiger partial charge in [-0.05, 0) is 59.7 Å². The third-order valence-corrected chi connectivity index (χ3v) is 7.98. The third-order valence-electron chi connectivity index (χ3n) is 6.40. The zero-order chi connectivity index (χ0) is 26.6. The van der Waals surface area contributed by atoms with Crippen LogP contribution in [0.5, 0.6) is 0 Å². The predicted molar refractivity (Wildman–Crippen MR) is 138 cm³/mol. The number of H-pyrrole nitrogens is 1. The minimum atomic E-state index is -1.70. The molecule has 0 radical (unpaired) electrons. The Hall–Kier alpha value is -3.84. The fourth-order valence-corrected chi connectivity index (χ4v) is 6.06. The molecule has 1 aromatic carbocycles. The molecule has 38 heavy (non-hydrogen) atoms. The average Bonchev–Trinajstić information content (AvgIpc) is 3.70. The highest BCUT2D eigenvalue weighted by molar-refractivity contribution is 7.17. The van der Waals surface area contributed by atoms with E-state index in [1.165, 1.54) is 24.3 Å². The second-order valence-electron chi connectivity index (χ2n) is 8.61. The summed E-state index contributed by atoms with van der Waals surface area (Å²) < 4.78 is 6.89. The number of carbonyl (C=O) groups excluding carboxylic acids is 1. The summed E-state index contributed by atoms with van der Waals surface area (Å²) in [5, 5.41) is 37.1. The van der Waals surface area contributed by atoms with E-state index in [0.29, 0.717) is 54.0 Å². The lowest BCUT2D eigenvalue weighted by Gasteiger charge is -2.20. The fourth-order valence-electron chi connectivity index (χ4n) is 4.67. The molecule has 0 aliphatic heterocycles. The number of ether oxygens (including phenoxy) is 1. The number of esters is 1. The van der Waals surface area contributed by atoms with Gasteiger partial charge in [0, 0.05) is 21.7 Å². The summed E-state index contributed by atoms with van der Waals surface area (Å²) in [5.74, 6) is -0.332. The number of tetrazole rings is 1. The fraction of sp³-hybridized carbons (Fsp3) is 0.167. The Morgan fingerprint density at radius 1 is 1.29 bits per heavy atom. The number of rotatable bonds is 5. The minimum Gasteiger partial charge on any atom is -0.618 e. The van der Waals surface area contributed by atoms with E-state index in [1.54, 1.807) is 30.3 Å². The number of methoxy groups -OCH3 is 1. The molecule has 0 saturated carbocycles. The Bertz CT molecular complexity index is 1700. The molecule has 192 valence electrons. The van der Waals surface area contributed by atoms with E-state index in [4.69, 9.17) is 27.9 Å². The number of fused-ring (bicyclic) bond motifs is 1. The number of thiophene rings is 1. The summed E-state index contributed by atoms with van der Waals surface area (Å²) in [6, 6.07) is 10.3. The zero-order valence-corrected chi connectivity index (χ0v) is 21.9. The number of imidazole rings is 1. The monoisotopic (exact) mass is 569 g/mol. The van der Waals surface area contributed by atoms with Gasteiger partial charge in [-0.3, -0.25) is 0 Å². The number of aromatic nitrogens is 7. The lowest BCUT2D eigenvalue weighted by atomic mass is 9.98. The molecule has 1 aliphatic carbocycles. The van der Waals surface area contributed by atoms with Crippen LogP contribution in [-0.4, -0.2) is 48.4 Å². The van der Waals surface area contributed by atoms with Crippen LogP contribution in [0.2, 0.25) is 10.2 Å². The number of halogens is 2. The largest absolute Gasteiger partial charge is 0.618 e. The number of hydrogen-bond acceptors (Lipinski definition) is 9. The van der Waals surface area contributed by atoms with Crippen molar-refractivity contribution in [2.45, 2.75) is 18.4 Å². The Kier molecular flexibility index (Phi) is 5.91. The van der Waals surface area contributed by atoms with Crippen molar-refractivity contribution in [1.29, 1.82) is 0 Å². The molecule has 1 aliphatic rings. The van der Waals surface area contributed by atoms with Gasteiger partial charge in [-0.2, -0.15) is 9.41 Å². The maximum absolute atomic E-state index is 13.4. The van der Waals surface area contributed by atoms with Gasteiger partial charge in [-0.25, -0.2) is 9.78 Å². The van der Waals surface area contributed by atoms with E-state index in [-0.39, 0.29) is 23.1 Å². The van der Waals surface area contributed by atoms with E-state index in [1.807, 2.05) is 6.07 Å². The molecule has 1 atom stereocenters. The van der Waals surface area contributed by atoms with Crippen LogP contribution in [0.4, 0.5) is 0 Å². The molecule has 1 unspecified atom stereocenters. The van der Waals surface area contributed by atoms with Crippen molar-refractivity contribution in [2.24, 2.45) is 0 Å². The third kappa shape index (κ3) is 3.93. The maximum Gasteiger partial charge on any atom is 0.348 e. The zero-order valence-electron chi connectivity index (χ0n) is 19.6. The maximum atomic E-state index is 13.4. The standard InChI is InChI=1S/C24H17Cl2N7O4S/c1-37-22(34)18-5-4-17(38-18)19-21(26)29-23(28-19)24(35)7-6-12-8-13(10-33(36)20(12)24)15-9-14(25)2-3-16(15)32-11-27-30-31-32/h2-5,8-11,35H,6-7H2,1H3,(H,28,29). The number of aliphatic hydroxyl groups is 1. The van der Waals surface area contributed by atoms with Crippen LogP contribution in [0.15, 0.2) is 48.9 Å². The first-order chi connectivity index (χ1) is 18.3. The molecule has 4 aromatic heterocycles. The highest BCUT2D eigenvalue weighted by atomic mass is 35.5. The van der Waals surface area contributed by atoms with Gasteiger partial charge in [0.25, 0.3) is 0 Å². The number of aryl methyl sites for hydroxylation is 1. The van der Waals surface area contributed by atoms with Crippen molar-refractivity contribution in [3.8, 4) is 27.4 Å². The molecule has 0 saturated heterocycles. The molecule has 0 fully saturated rings. The summed E-state index contributed by atoms with van der Waals surface area (Å²) in [6.45, 7) is 0. The molecule has 11 nitrogen and oxygen atoms in total. The van der Waals surface area contributed by atoms with Crippen molar-refractivity contribution in [2.75, 3.05) is 7.11 Å². The van der Waals surface area contributed by atoms with Gasteiger partial charge in [-0.1, -0.05) is 23.2 Å². The van der Waals surface area contributed by atoms with Crippen LogP contribution in [0.3, 0.4) is 0 Å². The van der Waals surface area contributed by atoms with Crippen LogP contribution in [0.1, 0.15) is 33.2 Å². The quantitative estimate of drug-likeness (QED) is 0.185. The number of aromatic amines is 1. The lowest BCUT2D eigenvalue weighted by Crippen LogP contribution is -2.42. The highest BCUT2D eigenvalue weighted by Gasteiger charge is 2.49. The first kappa shape index (κ1) is 24.5. The molecule has 5 aromatic rings. The summed E-state index contributed by atoms with van der Waals surface area (Å²) in [5.41, 5.74) is 1.34. The van der Waals surface area contributed by atoms with Crippen molar-refractivity contribution in [1.82, 2.24) is 30.2 Å². The van der Waals surface area contributed by atoms with Gasteiger partial charge in [0.15, 0.2) is 12.0 Å². The van der Waals surface area contributed by atoms with Gasteiger partial charge in [-0.15, -0.1) is 16.4 Å². The highest BCUT2D eigenvalue weighted by Crippen LogP contribution is 2.43. The second-order valence-corrected chi connectivity index (χ2v) is 10.5. The molecule has 14 heteroatoms. The topological polar surface area (TPSA) is 146 Å². The Morgan fingerprint density at radius 3 is 2.89 bits per heavy atom. The van der Waals surface area contributed by atoms with Crippen LogP contribution >= 0.6 is 34.5 Å². The molecular weight excluding hydrogens is 553 g/mol. The number of carbonyl (C=O) groups is 1. The molecular formula is C24H17Cl2N7O4S. The Labute approximate surface area is 228 Å². The number of benzene rings is 1. The molecule has 4 heterocycles. The number of pyridine rings is 1. The van der Waals surface area contributed by atoms with Gasteiger partial charge in [0.1, 0.15) is 22.1 Å². The second kappa shape index (κ2) is 9.17. The molecule has 0 amide bonds. The normalized spacial score (nSPS) is 16.5. The van der Waals surface area contributed by atoms with E-state index >= 15 is 0 Å². The van der Waals surface area contributed by atoms with Crippen LogP contribution < -0.4 is 4.73 Å². The number of nitrogens with one attached hydrogen (secondary N) is 1. The van der Waals surface area contributed by atoms with Crippen molar-refractivity contribution in [3.05, 3.63) is 86.3 Å². The molecule has 6 rings (SSSR count). The SMILES string of the molecule is COC(=O)c1ccc(-c2nc(C3(O)CCc4cc(-c5cc(Cl)ccc5-n5cnnn5)c[n+]([O-])c43)[nH]c2Cl)s1. The summed E-state index contributed by atoms with van der Waals surface area (Å²) >= 11 is 13.9. The molecule has 0 bridgehead atoms. The van der Waals surface area contributed by atoms with E-state index in [2.05, 4.69) is 25.5 Å². The van der Waals surface area contributed by atoms with Crippen molar-refractivity contribution < 1.29 is 19.4 Å². The lowest BCUT2D eigenvalue weighted by molar-refractivity contribution is -0.620. The Balaban J connectivity index is 1.41. The van der Waals surface area contributed by atoms with E-state index in [0.717, 1.165) is 11.3 Å². The first-order valence-electron chi connectivity index (χ1n) is 11.2. The predicted octanol–water partition coefficient (Wildman–Crippen LogP) is 3.69. The molecule has 0 spiro atoms.